The number of nitriles is 1. The van der Waals surface area contributed by atoms with Crippen molar-refractivity contribution in [1.29, 1.82) is 5.26 Å². The summed E-state index contributed by atoms with van der Waals surface area (Å²) >= 11 is 0. The lowest BCUT2D eigenvalue weighted by atomic mass is 10.1. The molecular weight excluding hydrogens is 234 g/mol. The molecule has 0 unspecified atom stereocenters. The Morgan fingerprint density at radius 3 is 2.05 bits per heavy atom. The Hall–Kier alpha value is -2.84. The summed E-state index contributed by atoms with van der Waals surface area (Å²) in [5.74, 6) is 5.92. The molecule has 0 spiro atoms. The van der Waals surface area contributed by atoms with Crippen molar-refractivity contribution in [3.63, 3.8) is 0 Å². The third-order valence-electron chi connectivity index (χ3n) is 2.57. The second kappa shape index (κ2) is 6.19. The lowest BCUT2D eigenvalue weighted by molar-refractivity contribution is 0.0997. The molecule has 0 aliphatic heterocycles. The standard InChI is InChI=1S/C17H11NO/c18-13-12-17(19)16-10-8-15(9-11-16)7-6-14-4-2-1-3-5-14/h1-5,8-11H,12H2. The SMILES string of the molecule is N#CCC(=O)c1ccc(C#Cc2ccccc2)cc1. The minimum atomic E-state index is -0.162. The maximum atomic E-state index is 11.5. The van der Waals surface area contributed by atoms with Crippen LogP contribution in [0.1, 0.15) is 27.9 Å². The van der Waals surface area contributed by atoms with Crippen molar-refractivity contribution >= 4 is 5.78 Å². The fourth-order valence-electron chi connectivity index (χ4n) is 1.58. The highest BCUT2D eigenvalue weighted by Crippen LogP contribution is 2.06. The van der Waals surface area contributed by atoms with Gasteiger partial charge >= 0.3 is 0 Å². The fourth-order valence-corrected chi connectivity index (χ4v) is 1.58. The molecule has 0 amide bonds. The predicted octanol–water partition coefficient (Wildman–Crippen LogP) is 3.18. The topological polar surface area (TPSA) is 40.9 Å². The number of Topliss-reactive ketones (excluding diaryl/α,β-unsaturated/α-hetero) is 1. The molecule has 0 heterocycles. The molecule has 2 heteroatoms. The van der Waals surface area contributed by atoms with Gasteiger partial charge in [-0.1, -0.05) is 42.2 Å². The van der Waals surface area contributed by atoms with Gasteiger partial charge in [-0.2, -0.15) is 5.26 Å². The highest BCUT2D eigenvalue weighted by Gasteiger charge is 2.03. The van der Waals surface area contributed by atoms with Gasteiger partial charge in [0.25, 0.3) is 0 Å². The molecule has 19 heavy (non-hydrogen) atoms. The van der Waals surface area contributed by atoms with E-state index in [0.717, 1.165) is 11.1 Å². The molecule has 0 radical (unpaired) electrons. The number of rotatable bonds is 2. The fraction of sp³-hybridized carbons (Fsp3) is 0.0588. The number of ketones is 1. The van der Waals surface area contributed by atoms with E-state index in [4.69, 9.17) is 5.26 Å². The summed E-state index contributed by atoms with van der Waals surface area (Å²) in [6.07, 6.45) is -0.0883. The third-order valence-corrected chi connectivity index (χ3v) is 2.57. The van der Waals surface area contributed by atoms with Crippen LogP contribution in [0.3, 0.4) is 0 Å². The van der Waals surface area contributed by atoms with Crippen LogP contribution in [0.25, 0.3) is 0 Å². The van der Waals surface area contributed by atoms with Crippen LogP contribution in [0.4, 0.5) is 0 Å². The predicted molar refractivity (Wildman–Crippen MR) is 73.4 cm³/mol. The maximum Gasteiger partial charge on any atom is 0.176 e. The van der Waals surface area contributed by atoms with Gasteiger partial charge in [-0.3, -0.25) is 4.79 Å². The molecule has 0 aromatic heterocycles. The van der Waals surface area contributed by atoms with Crippen LogP contribution >= 0.6 is 0 Å². The summed E-state index contributed by atoms with van der Waals surface area (Å²) in [7, 11) is 0. The van der Waals surface area contributed by atoms with Crippen molar-refractivity contribution in [2.24, 2.45) is 0 Å². The van der Waals surface area contributed by atoms with Crippen LogP contribution in [0.5, 0.6) is 0 Å². The molecular formula is C17H11NO. The van der Waals surface area contributed by atoms with E-state index in [9.17, 15) is 4.79 Å². The molecule has 0 fully saturated rings. The van der Waals surface area contributed by atoms with Crippen LogP contribution in [0.15, 0.2) is 54.6 Å². The number of nitrogens with zero attached hydrogens (tertiary/aromatic N) is 1. The van der Waals surface area contributed by atoms with Crippen LogP contribution in [0, 0.1) is 23.2 Å². The molecule has 0 N–H and O–H groups in total. The summed E-state index contributed by atoms with van der Waals surface area (Å²) in [6, 6.07) is 18.5. The molecule has 2 rings (SSSR count). The smallest absolute Gasteiger partial charge is 0.176 e. The van der Waals surface area contributed by atoms with Crippen molar-refractivity contribution in [1.82, 2.24) is 0 Å². The number of carbonyl (C=O) groups is 1. The van der Waals surface area contributed by atoms with Gasteiger partial charge in [0.1, 0.15) is 0 Å². The van der Waals surface area contributed by atoms with Crippen LogP contribution in [-0.2, 0) is 0 Å². The Morgan fingerprint density at radius 1 is 0.895 bits per heavy atom. The van der Waals surface area contributed by atoms with Gasteiger partial charge in [0.2, 0.25) is 0 Å². The molecule has 0 bridgehead atoms. The maximum absolute atomic E-state index is 11.5. The molecule has 0 saturated carbocycles. The normalized spacial score (nSPS) is 9.00. The first-order valence-electron chi connectivity index (χ1n) is 5.87. The largest absolute Gasteiger partial charge is 0.293 e. The van der Waals surface area contributed by atoms with Crippen LogP contribution in [0.2, 0.25) is 0 Å². The first-order chi connectivity index (χ1) is 9.29. The van der Waals surface area contributed by atoms with E-state index >= 15 is 0 Å². The molecule has 2 aromatic carbocycles. The van der Waals surface area contributed by atoms with Gasteiger partial charge in [0, 0.05) is 16.7 Å². The van der Waals surface area contributed by atoms with Gasteiger partial charge < -0.3 is 0 Å². The molecule has 0 atom stereocenters. The molecule has 2 aromatic rings. The Kier molecular flexibility index (Phi) is 4.11. The molecule has 0 aliphatic rings. The zero-order valence-corrected chi connectivity index (χ0v) is 10.3. The lowest BCUT2D eigenvalue weighted by Crippen LogP contribution is -1.96. The Labute approximate surface area is 112 Å². The van der Waals surface area contributed by atoms with Crippen LogP contribution < -0.4 is 0 Å². The van der Waals surface area contributed by atoms with E-state index in [1.54, 1.807) is 24.3 Å². The van der Waals surface area contributed by atoms with Crippen molar-refractivity contribution in [2.45, 2.75) is 6.42 Å². The van der Waals surface area contributed by atoms with E-state index in [-0.39, 0.29) is 12.2 Å². The van der Waals surface area contributed by atoms with E-state index in [0.29, 0.717) is 5.56 Å². The van der Waals surface area contributed by atoms with Crippen molar-refractivity contribution in [3.05, 3.63) is 71.3 Å². The number of hydrogen-bond acceptors (Lipinski definition) is 2. The van der Waals surface area contributed by atoms with Gasteiger partial charge in [-0.05, 0) is 24.3 Å². The van der Waals surface area contributed by atoms with Gasteiger partial charge in [-0.25, -0.2) is 0 Å². The quantitative estimate of drug-likeness (QED) is 0.602. The second-order valence-electron chi connectivity index (χ2n) is 3.95. The minimum absolute atomic E-state index is 0.0883. The van der Waals surface area contributed by atoms with Crippen LogP contribution in [-0.4, -0.2) is 5.78 Å². The minimum Gasteiger partial charge on any atom is -0.293 e. The zero-order chi connectivity index (χ0) is 13.5. The summed E-state index contributed by atoms with van der Waals surface area (Å²) in [5.41, 5.74) is 2.34. The molecule has 0 saturated heterocycles. The summed E-state index contributed by atoms with van der Waals surface area (Å²) in [6.45, 7) is 0. The summed E-state index contributed by atoms with van der Waals surface area (Å²) < 4.78 is 0. The van der Waals surface area contributed by atoms with E-state index in [1.807, 2.05) is 36.4 Å². The summed E-state index contributed by atoms with van der Waals surface area (Å²) in [4.78, 5) is 11.5. The zero-order valence-electron chi connectivity index (χ0n) is 10.3. The van der Waals surface area contributed by atoms with Gasteiger partial charge in [-0.15, -0.1) is 0 Å². The average Bonchev–Trinajstić information content (AvgIpc) is 2.47. The van der Waals surface area contributed by atoms with E-state index in [1.165, 1.54) is 0 Å². The first-order valence-corrected chi connectivity index (χ1v) is 5.87. The Balaban J connectivity index is 2.14. The van der Waals surface area contributed by atoms with E-state index in [2.05, 4.69) is 11.8 Å². The second-order valence-corrected chi connectivity index (χ2v) is 3.95. The Bertz CT molecular complexity index is 667. The number of benzene rings is 2. The van der Waals surface area contributed by atoms with Crippen molar-refractivity contribution < 1.29 is 4.79 Å². The summed E-state index contributed by atoms with van der Waals surface area (Å²) in [5, 5.41) is 8.47. The molecule has 0 aliphatic carbocycles. The average molecular weight is 245 g/mol. The monoisotopic (exact) mass is 245 g/mol. The van der Waals surface area contributed by atoms with Crippen molar-refractivity contribution in [3.8, 4) is 17.9 Å². The van der Waals surface area contributed by atoms with Gasteiger partial charge in [0.05, 0.1) is 12.5 Å². The third kappa shape index (κ3) is 3.56. The Morgan fingerprint density at radius 2 is 1.47 bits per heavy atom. The first kappa shape index (κ1) is 12.6. The molecule has 90 valence electrons. The van der Waals surface area contributed by atoms with Gasteiger partial charge in [0.15, 0.2) is 5.78 Å². The highest BCUT2D eigenvalue weighted by molar-refractivity contribution is 5.97. The highest BCUT2D eigenvalue weighted by atomic mass is 16.1. The van der Waals surface area contributed by atoms with Crippen molar-refractivity contribution in [2.75, 3.05) is 0 Å². The van der Waals surface area contributed by atoms with E-state index < -0.39 is 0 Å². The number of hydrogen-bond donors (Lipinski definition) is 0. The molecule has 2 nitrogen and oxygen atoms in total. The lowest BCUT2D eigenvalue weighted by Gasteiger charge is -1.96. The number of carbonyl (C=O) groups excluding carboxylic acids is 1.